The number of amides is 1. The van der Waals surface area contributed by atoms with Crippen molar-refractivity contribution in [2.24, 2.45) is 5.92 Å². The van der Waals surface area contributed by atoms with E-state index in [2.05, 4.69) is 24.1 Å². The van der Waals surface area contributed by atoms with Crippen molar-refractivity contribution in [1.82, 2.24) is 9.88 Å². The van der Waals surface area contributed by atoms with Crippen molar-refractivity contribution in [2.45, 2.75) is 75.5 Å². The van der Waals surface area contributed by atoms with E-state index in [1.807, 2.05) is 87.5 Å². The lowest BCUT2D eigenvalue weighted by molar-refractivity contribution is -0.192. The van der Waals surface area contributed by atoms with Crippen molar-refractivity contribution in [3.05, 3.63) is 84.1 Å². The fraction of sp³-hybridized carbons (Fsp3) is 0.368. The van der Waals surface area contributed by atoms with E-state index >= 15 is 0 Å². The number of likely N-dealkylation sites (tertiary alicyclic amines) is 1. The summed E-state index contributed by atoms with van der Waals surface area (Å²) in [6, 6.07) is 19.4. The Balaban J connectivity index is 0.000000815. The average molecular weight is 757 g/mol. The quantitative estimate of drug-likeness (QED) is 0.104. The lowest BCUT2D eigenvalue weighted by atomic mass is 9.93. The fourth-order valence-electron chi connectivity index (χ4n) is 6.00. The predicted octanol–water partition coefficient (Wildman–Crippen LogP) is 7.96. The topological polar surface area (TPSA) is 164 Å². The van der Waals surface area contributed by atoms with E-state index in [9.17, 15) is 27.9 Å². The molecule has 2 heterocycles. The summed E-state index contributed by atoms with van der Waals surface area (Å²) >= 11 is 1.67. The number of anilines is 2. The maximum absolute atomic E-state index is 14.8. The second kappa shape index (κ2) is 17.6. The molecule has 1 fully saturated rings. The smallest absolute Gasteiger partial charge is 0.490 e. The van der Waals surface area contributed by atoms with Crippen molar-refractivity contribution < 1.29 is 47.2 Å². The molecule has 1 aromatic heterocycles. The zero-order valence-corrected chi connectivity index (χ0v) is 30.7. The molecule has 284 valence electrons. The summed E-state index contributed by atoms with van der Waals surface area (Å²) in [5.74, 6) is -3.09. The van der Waals surface area contributed by atoms with Gasteiger partial charge in [-0.15, -0.1) is 11.8 Å². The van der Waals surface area contributed by atoms with Gasteiger partial charge in [0.2, 0.25) is 5.91 Å². The first-order valence-electron chi connectivity index (χ1n) is 16.9. The molecule has 0 saturated carbocycles. The number of nitrogens with two attached hydrogens (primary N) is 1. The van der Waals surface area contributed by atoms with Gasteiger partial charge < -0.3 is 35.6 Å². The summed E-state index contributed by atoms with van der Waals surface area (Å²) in [6.07, 6.45) is -3.14. The van der Waals surface area contributed by atoms with Crippen LogP contribution in [-0.4, -0.2) is 68.6 Å². The number of nitrogen functional groups attached to an aromatic ring is 1. The highest BCUT2D eigenvalue weighted by Crippen LogP contribution is 2.44. The van der Waals surface area contributed by atoms with Crippen molar-refractivity contribution in [3.63, 3.8) is 0 Å². The number of benzene rings is 3. The van der Waals surface area contributed by atoms with Gasteiger partial charge in [-0.05, 0) is 86.2 Å². The van der Waals surface area contributed by atoms with Gasteiger partial charge in [0.15, 0.2) is 11.5 Å². The van der Waals surface area contributed by atoms with Gasteiger partial charge in [0, 0.05) is 34.0 Å². The lowest BCUT2D eigenvalue weighted by Gasteiger charge is -2.33. The van der Waals surface area contributed by atoms with E-state index in [4.69, 9.17) is 25.1 Å². The van der Waals surface area contributed by atoms with Crippen molar-refractivity contribution in [1.29, 1.82) is 0 Å². The number of carboxylic acids is 2. The molecule has 1 saturated heterocycles. The van der Waals surface area contributed by atoms with Gasteiger partial charge in [0.05, 0.1) is 24.7 Å². The summed E-state index contributed by atoms with van der Waals surface area (Å²) < 4.78 is 43.7. The number of alkyl halides is 3. The molecule has 11 nitrogen and oxygen atoms in total. The van der Waals surface area contributed by atoms with Crippen LogP contribution in [-0.2, 0) is 14.4 Å². The van der Waals surface area contributed by atoms with E-state index in [-0.39, 0.29) is 17.3 Å². The number of halogens is 3. The first-order chi connectivity index (χ1) is 25.0. The minimum Gasteiger partial charge on any atom is -0.490 e. The van der Waals surface area contributed by atoms with Gasteiger partial charge in [-0.25, -0.2) is 9.78 Å². The van der Waals surface area contributed by atoms with E-state index in [1.54, 1.807) is 22.9 Å². The van der Waals surface area contributed by atoms with Gasteiger partial charge in [-0.1, -0.05) is 38.1 Å². The van der Waals surface area contributed by atoms with Gasteiger partial charge in [-0.3, -0.25) is 9.59 Å². The van der Waals surface area contributed by atoms with Crippen LogP contribution >= 0.6 is 11.8 Å². The van der Waals surface area contributed by atoms with Gasteiger partial charge >= 0.3 is 18.1 Å². The van der Waals surface area contributed by atoms with Gasteiger partial charge in [-0.2, -0.15) is 13.2 Å². The summed E-state index contributed by atoms with van der Waals surface area (Å²) in [7, 11) is 0. The molecule has 3 unspecified atom stereocenters. The van der Waals surface area contributed by atoms with Gasteiger partial charge in [0.25, 0.3) is 0 Å². The van der Waals surface area contributed by atoms with Crippen LogP contribution in [0.4, 0.5) is 24.7 Å². The second-order valence-electron chi connectivity index (χ2n) is 12.7. The Hall–Kier alpha value is -5.18. The van der Waals surface area contributed by atoms with Crippen LogP contribution in [0.3, 0.4) is 0 Å². The number of carboxylic acid groups (broad SMARTS) is 2. The number of rotatable bonds is 12. The minimum absolute atomic E-state index is 0.0674. The first kappa shape index (κ1) is 40.6. The molecule has 4 aromatic rings. The number of hydrogen-bond donors (Lipinski definition) is 4. The molecule has 5 rings (SSSR count). The van der Waals surface area contributed by atoms with Crippen LogP contribution in [0.1, 0.15) is 64.3 Å². The van der Waals surface area contributed by atoms with Crippen LogP contribution in [0.25, 0.3) is 10.8 Å². The van der Waals surface area contributed by atoms with Crippen molar-refractivity contribution in [2.75, 3.05) is 24.2 Å². The van der Waals surface area contributed by atoms with E-state index < -0.39 is 36.1 Å². The molecule has 0 aliphatic carbocycles. The maximum atomic E-state index is 14.8. The Kier molecular flexibility index (Phi) is 13.4. The highest BCUT2D eigenvalue weighted by Gasteiger charge is 2.45. The summed E-state index contributed by atoms with van der Waals surface area (Å²) in [5, 5.41) is 22.9. The van der Waals surface area contributed by atoms with Crippen molar-refractivity contribution in [3.8, 4) is 11.5 Å². The Morgan fingerprint density at radius 3 is 2.34 bits per heavy atom. The zero-order chi connectivity index (χ0) is 39.0. The minimum atomic E-state index is -5.08. The molecule has 5 N–H and O–H groups in total. The summed E-state index contributed by atoms with van der Waals surface area (Å²) in [4.78, 5) is 43.2. The number of nitrogens with one attached hydrogen (secondary N) is 1. The molecule has 3 atom stereocenters. The number of ether oxygens (including phenoxy) is 2. The van der Waals surface area contributed by atoms with E-state index in [0.717, 1.165) is 21.2 Å². The Morgan fingerprint density at radius 2 is 1.72 bits per heavy atom. The monoisotopic (exact) mass is 756 g/mol. The third-order valence-corrected chi connectivity index (χ3v) is 9.25. The first-order valence-corrected chi connectivity index (χ1v) is 17.8. The second-order valence-corrected chi connectivity index (χ2v) is 14.4. The number of carbonyl (C=O) groups is 3. The third kappa shape index (κ3) is 10.2. The largest absolute Gasteiger partial charge is 0.490 e. The Labute approximate surface area is 309 Å². The number of pyridine rings is 1. The SMILES string of the molecule is CCOc1cc(C(Nc2ccc3c(N)nccc3c2)C(=O)N2CCC(C(=O)O)C2c2ccccc2SC(C)C)ccc1OC(C)C.O=C(O)C(F)(F)F. The highest BCUT2D eigenvalue weighted by molar-refractivity contribution is 8.00. The van der Waals surface area contributed by atoms with Crippen LogP contribution < -0.4 is 20.5 Å². The van der Waals surface area contributed by atoms with E-state index in [0.29, 0.717) is 48.1 Å². The molecule has 0 bridgehead atoms. The molecule has 3 aromatic carbocycles. The van der Waals surface area contributed by atoms with Crippen LogP contribution in [0.15, 0.2) is 77.8 Å². The highest BCUT2D eigenvalue weighted by atomic mass is 32.2. The number of fused-ring (bicyclic) bond motifs is 1. The Bertz CT molecular complexity index is 1920. The molecule has 1 amide bonds. The van der Waals surface area contributed by atoms with Crippen LogP contribution in [0, 0.1) is 5.92 Å². The molecule has 15 heteroatoms. The number of carbonyl (C=O) groups excluding carboxylic acids is 1. The number of nitrogens with zero attached hydrogens (tertiary/aromatic N) is 2. The van der Waals surface area contributed by atoms with Crippen LogP contribution in [0.2, 0.25) is 0 Å². The number of aliphatic carboxylic acids is 2. The number of hydrogen-bond acceptors (Lipinski definition) is 9. The van der Waals surface area contributed by atoms with Crippen molar-refractivity contribution >= 4 is 51.9 Å². The molecule has 0 spiro atoms. The normalized spacial score (nSPS) is 16.2. The molecular weight excluding hydrogens is 714 g/mol. The molecule has 1 aliphatic heterocycles. The van der Waals surface area contributed by atoms with Crippen LogP contribution in [0.5, 0.6) is 11.5 Å². The molecular formula is C38H43F3N4O7S. The average Bonchev–Trinajstić information content (AvgIpc) is 3.53. The fourth-order valence-corrected chi connectivity index (χ4v) is 6.99. The molecule has 0 radical (unpaired) electrons. The Morgan fingerprint density at radius 1 is 1.02 bits per heavy atom. The summed E-state index contributed by atoms with van der Waals surface area (Å²) in [5.41, 5.74) is 8.33. The lowest BCUT2D eigenvalue weighted by Crippen LogP contribution is -2.39. The number of aromatic nitrogens is 1. The van der Waals surface area contributed by atoms with E-state index in [1.165, 1.54) is 0 Å². The summed E-state index contributed by atoms with van der Waals surface area (Å²) in [6.45, 7) is 10.7. The van der Waals surface area contributed by atoms with Gasteiger partial charge in [0.1, 0.15) is 11.9 Å². The zero-order valence-electron chi connectivity index (χ0n) is 29.9. The predicted molar refractivity (Wildman–Crippen MR) is 197 cm³/mol. The standard InChI is InChI=1S/C36H42N4O5S.C2HF3O2/c1-6-44-30-20-24(11-14-29(30)45-21(2)3)32(39-25-12-13-26-23(19-25)15-17-38-34(26)37)35(41)40-18-16-28(36(42)43)33(40)27-9-7-8-10-31(27)46-22(4)5;3-2(4,5)1(6)7/h7-15,17,19-22,28,32-33,39H,6,16,18H2,1-5H3,(H2,37,38)(H,42,43);(H,6,7). The molecule has 1 aliphatic rings. The third-order valence-electron chi connectivity index (χ3n) is 8.16. The molecule has 53 heavy (non-hydrogen) atoms. The number of thioether (sulfide) groups is 1. The maximum Gasteiger partial charge on any atom is 0.490 e.